The van der Waals surface area contributed by atoms with Crippen LogP contribution in [0.25, 0.3) is 11.2 Å². The molecule has 1 aliphatic rings. The van der Waals surface area contributed by atoms with E-state index in [-0.39, 0.29) is 47.1 Å². The Labute approximate surface area is 237 Å². The Hall–Kier alpha value is -2.02. The molecule has 2 aromatic rings. The average Bonchev–Trinajstić information content (AvgIpc) is 3.46. The average molecular weight is 603 g/mol. The number of nitrogen functional groups attached to an aromatic ring is 1. The van der Waals surface area contributed by atoms with Gasteiger partial charge in [0, 0.05) is 23.1 Å². The Bertz CT molecular complexity index is 1280. The molecule has 39 heavy (non-hydrogen) atoms. The number of aromatic nitrogens is 4. The van der Waals surface area contributed by atoms with Crippen LogP contribution in [-0.2, 0) is 23.2 Å². The van der Waals surface area contributed by atoms with E-state index in [0.717, 1.165) is 11.8 Å². The maximum atomic E-state index is 14.1. The number of carboxylic acids is 1. The molecule has 216 valence electrons. The second-order valence-corrected chi connectivity index (χ2v) is 14.0. The smallest absolute Gasteiger partial charge is 0.409 e. The molecule has 0 radical (unpaired) electrons. The first-order valence-corrected chi connectivity index (χ1v) is 15.4. The molecule has 12 nitrogen and oxygen atoms in total. The molecular formula is C24H36ClN6O6PS. The van der Waals surface area contributed by atoms with Crippen LogP contribution in [0.2, 0.25) is 5.15 Å². The van der Waals surface area contributed by atoms with Crippen molar-refractivity contribution in [2.24, 2.45) is 11.3 Å². The highest BCUT2D eigenvalue weighted by molar-refractivity contribution is 8.13. The van der Waals surface area contributed by atoms with Crippen LogP contribution < -0.4 is 5.73 Å². The van der Waals surface area contributed by atoms with E-state index in [4.69, 9.17) is 26.4 Å². The van der Waals surface area contributed by atoms with Gasteiger partial charge in [0.2, 0.25) is 5.95 Å². The zero-order valence-corrected chi connectivity index (χ0v) is 25.4. The lowest BCUT2D eigenvalue weighted by Crippen LogP contribution is -2.42. The highest BCUT2D eigenvalue weighted by Gasteiger charge is 2.42. The summed E-state index contributed by atoms with van der Waals surface area (Å²) in [5.74, 6) is -1.01. The maximum Gasteiger partial charge on any atom is 0.409 e. The fourth-order valence-corrected chi connectivity index (χ4v) is 7.40. The number of carbonyl (C=O) groups excluding carboxylic acids is 1. The summed E-state index contributed by atoms with van der Waals surface area (Å²) in [5, 5.41) is 9.82. The largest absolute Gasteiger partial charge is 0.480 e. The lowest BCUT2D eigenvalue weighted by atomic mass is 10.00. The van der Waals surface area contributed by atoms with Gasteiger partial charge >= 0.3 is 13.7 Å². The fourth-order valence-electron chi connectivity index (χ4n) is 4.14. The number of nitrogens with zero attached hydrogens (tertiary/aromatic N) is 5. The number of nitrogens with two attached hydrogens (primary N) is 1. The highest BCUT2D eigenvalue weighted by Crippen LogP contribution is 2.55. The van der Waals surface area contributed by atoms with Crippen LogP contribution in [0, 0.1) is 11.3 Å². The highest BCUT2D eigenvalue weighted by atomic mass is 35.5. The minimum atomic E-state index is -4.06. The predicted octanol–water partition coefficient (Wildman–Crippen LogP) is 4.81. The third-order valence-electron chi connectivity index (χ3n) is 6.10. The molecule has 2 heterocycles. The maximum absolute atomic E-state index is 14.1. The molecule has 0 fully saturated rings. The van der Waals surface area contributed by atoms with E-state index < -0.39 is 31.2 Å². The summed E-state index contributed by atoms with van der Waals surface area (Å²) in [4.78, 5) is 36.6. The predicted molar refractivity (Wildman–Crippen MR) is 152 cm³/mol. The normalized spacial score (nSPS) is 20.1. The van der Waals surface area contributed by atoms with Gasteiger partial charge in [-0.05, 0) is 27.2 Å². The SMILES string of the molecule is CC(C)N([C@@H](C)C(=O)O)P(=O)(OCCSC(=O)C(C)(C)C)OC[C@@H]1C=C[C@H](n2cnc3c(Cl)nc(N)nc32)C1. The quantitative estimate of drug-likeness (QED) is 0.148. The number of halogens is 1. The summed E-state index contributed by atoms with van der Waals surface area (Å²) in [6.45, 7) is 10.3. The lowest BCUT2D eigenvalue weighted by molar-refractivity contribution is -0.142. The van der Waals surface area contributed by atoms with Gasteiger partial charge in [0.25, 0.3) is 0 Å². The van der Waals surface area contributed by atoms with E-state index in [1.807, 2.05) is 37.5 Å². The Morgan fingerprint density at radius 1 is 1.28 bits per heavy atom. The summed E-state index contributed by atoms with van der Waals surface area (Å²) >= 11 is 7.23. The second kappa shape index (κ2) is 12.7. The van der Waals surface area contributed by atoms with Crippen molar-refractivity contribution in [2.75, 3.05) is 24.7 Å². The molecule has 0 bridgehead atoms. The van der Waals surface area contributed by atoms with Crippen LogP contribution in [0.3, 0.4) is 0 Å². The number of aliphatic carboxylic acids is 1. The minimum Gasteiger partial charge on any atom is -0.480 e. The Morgan fingerprint density at radius 3 is 2.59 bits per heavy atom. The molecule has 1 unspecified atom stereocenters. The third-order valence-corrected chi connectivity index (χ3v) is 9.97. The van der Waals surface area contributed by atoms with Gasteiger partial charge in [-0.25, -0.2) is 9.55 Å². The van der Waals surface area contributed by atoms with Gasteiger partial charge in [-0.15, -0.1) is 0 Å². The summed E-state index contributed by atoms with van der Waals surface area (Å²) in [6.07, 6.45) is 6.09. The molecule has 0 aliphatic heterocycles. The first-order chi connectivity index (χ1) is 18.1. The van der Waals surface area contributed by atoms with E-state index >= 15 is 0 Å². The van der Waals surface area contributed by atoms with Gasteiger partial charge < -0.3 is 15.4 Å². The van der Waals surface area contributed by atoms with Crippen molar-refractivity contribution in [2.45, 2.75) is 66.1 Å². The topological polar surface area (TPSA) is 163 Å². The third kappa shape index (κ3) is 7.59. The van der Waals surface area contributed by atoms with E-state index in [9.17, 15) is 19.3 Å². The number of allylic oxidation sites excluding steroid dienone is 1. The zero-order valence-electron chi connectivity index (χ0n) is 22.9. The molecule has 3 rings (SSSR count). The summed E-state index contributed by atoms with van der Waals surface area (Å²) in [7, 11) is -4.06. The first kappa shape index (κ1) is 31.5. The summed E-state index contributed by atoms with van der Waals surface area (Å²) in [6, 6.07) is -1.71. The molecule has 0 aromatic carbocycles. The van der Waals surface area contributed by atoms with Gasteiger partial charge in [-0.2, -0.15) is 14.6 Å². The van der Waals surface area contributed by atoms with Crippen LogP contribution in [-0.4, -0.2) is 71.4 Å². The van der Waals surface area contributed by atoms with Crippen LogP contribution in [0.4, 0.5) is 5.95 Å². The van der Waals surface area contributed by atoms with Crippen molar-refractivity contribution in [3.63, 3.8) is 0 Å². The molecule has 0 spiro atoms. The first-order valence-electron chi connectivity index (χ1n) is 12.6. The Balaban J connectivity index is 1.72. The van der Waals surface area contributed by atoms with Crippen molar-refractivity contribution in [3.8, 4) is 0 Å². The van der Waals surface area contributed by atoms with Crippen LogP contribution in [0.1, 0.15) is 54.0 Å². The zero-order chi connectivity index (χ0) is 29.1. The van der Waals surface area contributed by atoms with E-state index in [1.54, 1.807) is 20.2 Å². The fraction of sp³-hybridized carbons (Fsp3) is 0.625. The van der Waals surface area contributed by atoms with Gasteiger partial charge in [0.05, 0.1) is 25.6 Å². The molecule has 1 aliphatic carbocycles. The summed E-state index contributed by atoms with van der Waals surface area (Å²) < 4.78 is 28.9. The van der Waals surface area contributed by atoms with Gasteiger partial charge in [-0.3, -0.25) is 18.6 Å². The number of rotatable bonds is 12. The van der Waals surface area contributed by atoms with Crippen molar-refractivity contribution >= 4 is 59.3 Å². The number of carbonyl (C=O) groups is 2. The Morgan fingerprint density at radius 2 is 1.97 bits per heavy atom. The molecule has 2 aromatic heterocycles. The number of anilines is 1. The monoisotopic (exact) mass is 602 g/mol. The van der Waals surface area contributed by atoms with Gasteiger partial charge in [0.15, 0.2) is 15.9 Å². The lowest BCUT2D eigenvalue weighted by Gasteiger charge is -2.36. The number of hydrogen-bond donors (Lipinski definition) is 2. The molecule has 0 saturated carbocycles. The van der Waals surface area contributed by atoms with Gasteiger partial charge in [0.1, 0.15) is 11.6 Å². The van der Waals surface area contributed by atoms with E-state index in [1.165, 1.54) is 11.6 Å². The minimum absolute atomic E-state index is 0.0241. The molecule has 0 saturated heterocycles. The molecule has 15 heteroatoms. The second-order valence-electron chi connectivity index (χ2n) is 10.6. The molecule has 4 atom stereocenters. The number of thioether (sulfide) groups is 1. The number of imidazole rings is 1. The summed E-state index contributed by atoms with van der Waals surface area (Å²) in [5.41, 5.74) is 6.18. The van der Waals surface area contributed by atoms with Crippen LogP contribution in [0.15, 0.2) is 18.5 Å². The Kier molecular flexibility index (Phi) is 10.2. The number of carboxylic acid groups (broad SMARTS) is 1. The van der Waals surface area contributed by atoms with Gasteiger partial charge in [-0.1, -0.05) is 56.3 Å². The number of fused-ring (bicyclic) bond motifs is 1. The van der Waals surface area contributed by atoms with Crippen molar-refractivity contribution in [1.82, 2.24) is 24.2 Å². The van der Waals surface area contributed by atoms with E-state index in [0.29, 0.717) is 17.6 Å². The standard InChI is InChI=1S/C24H36ClN6O6PS/c1-14(2)31(15(3)21(32)33)38(35,36-9-10-39-22(34)24(4,5)6)37-12-16-7-8-17(11-16)30-13-27-18-19(25)28-23(26)29-20(18)30/h7-8,13-17H,9-12H2,1-6H3,(H,32,33)(H2,26,28,29)/t15-,16+,17-,38?/m0/s1. The van der Waals surface area contributed by atoms with Crippen LogP contribution >= 0.6 is 31.1 Å². The molecular weight excluding hydrogens is 567 g/mol. The molecule has 0 amide bonds. The van der Waals surface area contributed by atoms with Crippen LogP contribution in [0.5, 0.6) is 0 Å². The molecule has 3 N–H and O–H groups in total. The van der Waals surface area contributed by atoms with Crippen molar-refractivity contribution < 1.29 is 28.3 Å². The van der Waals surface area contributed by atoms with Crippen molar-refractivity contribution in [3.05, 3.63) is 23.6 Å². The van der Waals surface area contributed by atoms with E-state index in [2.05, 4.69) is 15.0 Å². The number of hydrogen-bond acceptors (Lipinski definition) is 10. The van der Waals surface area contributed by atoms with Crippen molar-refractivity contribution in [1.29, 1.82) is 0 Å².